The van der Waals surface area contributed by atoms with Crippen LogP contribution in [0.25, 0.3) is 0 Å². The molecule has 0 spiro atoms. The summed E-state index contributed by atoms with van der Waals surface area (Å²) < 4.78 is 17.8. The van der Waals surface area contributed by atoms with Gasteiger partial charge in [-0.15, -0.1) is 0 Å². The Bertz CT molecular complexity index is 726. The van der Waals surface area contributed by atoms with Crippen molar-refractivity contribution < 1.29 is 18.5 Å². The Morgan fingerprint density at radius 1 is 1.43 bits per heavy atom. The van der Waals surface area contributed by atoms with Gasteiger partial charge in [0.1, 0.15) is 11.6 Å². The molecular weight excluding hydrogens is 301 g/mol. The van der Waals surface area contributed by atoms with Crippen molar-refractivity contribution in [2.75, 3.05) is 6.54 Å². The van der Waals surface area contributed by atoms with Gasteiger partial charge in [0.25, 0.3) is 5.91 Å². The summed E-state index contributed by atoms with van der Waals surface area (Å²) in [7, 11) is 0. The quantitative estimate of drug-likeness (QED) is 0.930. The zero-order valence-electron chi connectivity index (χ0n) is 12.6. The number of benzene rings is 1. The molecule has 1 aliphatic heterocycles. The van der Waals surface area contributed by atoms with Crippen LogP contribution in [0.1, 0.15) is 28.2 Å². The van der Waals surface area contributed by atoms with Crippen LogP contribution in [0, 0.1) is 12.7 Å². The highest BCUT2D eigenvalue weighted by Gasteiger charge is 2.31. The second kappa shape index (κ2) is 6.20. The number of rotatable bonds is 4. The van der Waals surface area contributed by atoms with Crippen LogP contribution in [-0.4, -0.2) is 34.5 Å². The lowest BCUT2D eigenvalue weighted by atomic mass is 10.2. The maximum Gasteiger partial charge on any atom is 0.273 e. The van der Waals surface area contributed by atoms with Gasteiger partial charge in [0.2, 0.25) is 5.91 Å². The van der Waals surface area contributed by atoms with Crippen molar-refractivity contribution in [3.63, 3.8) is 0 Å². The highest BCUT2D eigenvalue weighted by molar-refractivity contribution is 5.93. The third-order valence-corrected chi connectivity index (χ3v) is 3.70. The minimum atomic E-state index is -0.358. The normalized spacial score (nSPS) is 17.6. The predicted molar refractivity (Wildman–Crippen MR) is 78.9 cm³/mol. The van der Waals surface area contributed by atoms with E-state index in [0.717, 1.165) is 5.56 Å². The highest BCUT2D eigenvalue weighted by atomic mass is 19.1. The molecule has 1 aromatic carbocycles. The van der Waals surface area contributed by atoms with Crippen molar-refractivity contribution in [1.29, 1.82) is 0 Å². The first-order valence-electron chi connectivity index (χ1n) is 7.27. The van der Waals surface area contributed by atoms with E-state index in [0.29, 0.717) is 18.8 Å². The van der Waals surface area contributed by atoms with Crippen molar-refractivity contribution in [1.82, 2.24) is 15.4 Å². The molecule has 1 atom stereocenters. The van der Waals surface area contributed by atoms with Gasteiger partial charge in [-0.05, 0) is 24.6 Å². The first kappa shape index (κ1) is 15.2. The van der Waals surface area contributed by atoms with Gasteiger partial charge in [-0.25, -0.2) is 4.39 Å². The van der Waals surface area contributed by atoms with Gasteiger partial charge in [0, 0.05) is 25.6 Å². The molecule has 0 radical (unpaired) electrons. The van der Waals surface area contributed by atoms with Gasteiger partial charge < -0.3 is 14.7 Å². The van der Waals surface area contributed by atoms with Crippen molar-refractivity contribution in [2.45, 2.75) is 25.9 Å². The van der Waals surface area contributed by atoms with Crippen LogP contribution >= 0.6 is 0 Å². The number of hydrogen-bond acceptors (Lipinski definition) is 4. The van der Waals surface area contributed by atoms with E-state index in [1.807, 2.05) is 0 Å². The minimum Gasteiger partial charge on any atom is -0.361 e. The average Bonchev–Trinajstić information content (AvgIpc) is 3.08. The molecule has 2 aromatic rings. The number of hydrogen-bond donors (Lipinski definition) is 1. The molecule has 0 unspecified atom stereocenters. The molecule has 120 valence electrons. The Hall–Kier alpha value is -2.70. The van der Waals surface area contributed by atoms with Crippen LogP contribution in [0.15, 0.2) is 34.9 Å². The standard InChI is InChI=1S/C16H16FN3O3/c1-10-6-14(19-23-10)16(22)18-13-7-15(21)20(9-13)8-11-2-4-12(17)5-3-11/h2-6,13H,7-9H2,1H3,(H,18,22)/t13-/m0/s1. The molecule has 1 aromatic heterocycles. The SMILES string of the molecule is Cc1cc(C(=O)N[C@H]2CC(=O)N(Cc3ccc(F)cc3)C2)no1. The van der Waals surface area contributed by atoms with E-state index in [1.54, 1.807) is 30.0 Å². The number of nitrogens with one attached hydrogen (secondary N) is 1. The number of nitrogens with zero attached hydrogens (tertiary/aromatic N) is 2. The lowest BCUT2D eigenvalue weighted by molar-refractivity contribution is -0.128. The first-order chi connectivity index (χ1) is 11.0. The van der Waals surface area contributed by atoms with E-state index in [1.165, 1.54) is 12.1 Å². The van der Waals surface area contributed by atoms with Crippen LogP contribution < -0.4 is 5.32 Å². The number of likely N-dealkylation sites (tertiary alicyclic amines) is 1. The fourth-order valence-electron chi connectivity index (χ4n) is 2.56. The van der Waals surface area contributed by atoms with Crippen molar-refractivity contribution in [2.24, 2.45) is 0 Å². The summed E-state index contributed by atoms with van der Waals surface area (Å²) in [5.41, 5.74) is 1.05. The van der Waals surface area contributed by atoms with Crippen LogP contribution in [0.2, 0.25) is 0 Å². The summed E-state index contributed by atoms with van der Waals surface area (Å²) in [6.45, 7) is 2.51. The molecule has 7 heteroatoms. The Morgan fingerprint density at radius 3 is 2.83 bits per heavy atom. The molecule has 2 heterocycles. The number of amides is 2. The lowest BCUT2D eigenvalue weighted by Gasteiger charge is -2.17. The monoisotopic (exact) mass is 317 g/mol. The van der Waals surface area contributed by atoms with Crippen molar-refractivity contribution in [3.8, 4) is 0 Å². The summed E-state index contributed by atoms with van der Waals surface area (Å²) >= 11 is 0. The van der Waals surface area contributed by atoms with Crippen LogP contribution in [0.3, 0.4) is 0 Å². The predicted octanol–water partition coefficient (Wildman–Crippen LogP) is 1.65. The highest BCUT2D eigenvalue weighted by Crippen LogP contribution is 2.16. The zero-order chi connectivity index (χ0) is 16.4. The van der Waals surface area contributed by atoms with Gasteiger partial charge in [-0.2, -0.15) is 0 Å². The number of halogens is 1. The van der Waals surface area contributed by atoms with E-state index in [9.17, 15) is 14.0 Å². The van der Waals surface area contributed by atoms with Crippen LogP contribution in [0.4, 0.5) is 4.39 Å². The molecule has 1 aliphatic rings. The second-order valence-corrected chi connectivity index (χ2v) is 5.60. The Labute approximate surface area is 132 Å². The fourth-order valence-corrected chi connectivity index (χ4v) is 2.56. The summed E-state index contributed by atoms with van der Waals surface area (Å²) in [5.74, 6) is -0.163. The van der Waals surface area contributed by atoms with Gasteiger partial charge in [0.15, 0.2) is 5.69 Å². The van der Waals surface area contributed by atoms with Crippen LogP contribution in [0.5, 0.6) is 0 Å². The van der Waals surface area contributed by atoms with E-state index in [-0.39, 0.29) is 35.8 Å². The van der Waals surface area contributed by atoms with Crippen molar-refractivity contribution >= 4 is 11.8 Å². The minimum absolute atomic E-state index is 0.0454. The molecule has 1 saturated heterocycles. The molecule has 0 aliphatic carbocycles. The molecule has 0 bridgehead atoms. The lowest BCUT2D eigenvalue weighted by Crippen LogP contribution is -2.37. The fraction of sp³-hybridized carbons (Fsp3) is 0.312. The molecule has 23 heavy (non-hydrogen) atoms. The number of carbonyl (C=O) groups excluding carboxylic acids is 2. The van der Waals surface area contributed by atoms with Crippen LogP contribution in [-0.2, 0) is 11.3 Å². The molecule has 2 amide bonds. The summed E-state index contributed by atoms with van der Waals surface area (Å²) in [6.07, 6.45) is 0.240. The Balaban J connectivity index is 1.58. The van der Waals surface area contributed by atoms with Gasteiger partial charge in [-0.3, -0.25) is 9.59 Å². The number of aryl methyl sites for hydroxylation is 1. The molecule has 3 rings (SSSR count). The van der Waals surface area contributed by atoms with E-state index >= 15 is 0 Å². The molecule has 0 saturated carbocycles. The summed E-state index contributed by atoms with van der Waals surface area (Å²) in [6, 6.07) is 7.29. The van der Waals surface area contributed by atoms with E-state index in [2.05, 4.69) is 10.5 Å². The van der Waals surface area contributed by atoms with Gasteiger partial charge in [0.05, 0.1) is 6.04 Å². The molecule has 6 nitrogen and oxygen atoms in total. The largest absolute Gasteiger partial charge is 0.361 e. The van der Waals surface area contributed by atoms with Crippen molar-refractivity contribution in [3.05, 3.63) is 53.2 Å². The Kier molecular flexibility index (Phi) is 4.10. The first-order valence-corrected chi connectivity index (χ1v) is 7.27. The molecular formula is C16H16FN3O3. The molecule has 1 fully saturated rings. The number of carbonyl (C=O) groups is 2. The topological polar surface area (TPSA) is 75.4 Å². The third-order valence-electron chi connectivity index (χ3n) is 3.70. The summed E-state index contributed by atoms with van der Waals surface area (Å²) in [4.78, 5) is 25.7. The van der Waals surface area contributed by atoms with E-state index in [4.69, 9.17) is 4.52 Å². The van der Waals surface area contributed by atoms with E-state index < -0.39 is 0 Å². The Morgan fingerprint density at radius 2 is 2.17 bits per heavy atom. The smallest absolute Gasteiger partial charge is 0.273 e. The zero-order valence-corrected chi connectivity index (χ0v) is 12.6. The van der Waals surface area contributed by atoms with Gasteiger partial charge in [-0.1, -0.05) is 17.3 Å². The maximum absolute atomic E-state index is 12.9. The number of aromatic nitrogens is 1. The van der Waals surface area contributed by atoms with Gasteiger partial charge >= 0.3 is 0 Å². The average molecular weight is 317 g/mol. The third kappa shape index (κ3) is 3.56. The summed E-state index contributed by atoms with van der Waals surface area (Å²) in [5, 5.41) is 6.43. The maximum atomic E-state index is 12.9. The second-order valence-electron chi connectivity index (χ2n) is 5.60. The molecule has 1 N–H and O–H groups in total.